The van der Waals surface area contributed by atoms with Crippen LogP contribution in [0.5, 0.6) is 0 Å². The molecular formula is C28H27ClN6O5S. The van der Waals surface area contributed by atoms with Gasteiger partial charge >= 0.3 is 5.97 Å². The highest BCUT2D eigenvalue weighted by Crippen LogP contribution is 2.29. The molecule has 3 heterocycles. The van der Waals surface area contributed by atoms with Crippen LogP contribution in [-0.4, -0.2) is 59.6 Å². The molecule has 2 N–H and O–H groups in total. The molecule has 13 heteroatoms. The predicted molar refractivity (Wildman–Crippen MR) is 154 cm³/mol. The minimum atomic E-state index is -3.95. The number of carbonyl (C=O) groups excluding carboxylic acids is 2. The van der Waals surface area contributed by atoms with Crippen LogP contribution in [0.3, 0.4) is 0 Å². The van der Waals surface area contributed by atoms with Crippen molar-refractivity contribution in [2.75, 3.05) is 23.1 Å². The molecule has 2 aromatic carbocycles. The van der Waals surface area contributed by atoms with E-state index in [1.807, 2.05) is 24.3 Å². The molecule has 212 valence electrons. The van der Waals surface area contributed by atoms with Gasteiger partial charge in [-0.05, 0) is 55.9 Å². The summed E-state index contributed by atoms with van der Waals surface area (Å²) in [7, 11) is -3.95. The van der Waals surface area contributed by atoms with Gasteiger partial charge in [0.25, 0.3) is 15.9 Å². The van der Waals surface area contributed by atoms with E-state index in [1.54, 1.807) is 0 Å². The van der Waals surface area contributed by atoms with E-state index >= 15 is 0 Å². The fraction of sp³-hybridized carbons (Fsp3) is 0.250. The van der Waals surface area contributed by atoms with Crippen molar-refractivity contribution >= 4 is 55.9 Å². The first kappa shape index (κ1) is 28.4. The van der Waals surface area contributed by atoms with Gasteiger partial charge < -0.3 is 10.1 Å². The normalized spacial score (nSPS) is 14.2. The maximum absolute atomic E-state index is 13.5. The Hall–Kier alpha value is -4.13. The number of anilines is 2. The highest BCUT2D eigenvalue weighted by Gasteiger charge is 2.28. The summed E-state index contributed by atoms with van der Waals surface area (Å²) in [5, 5.41) is 10.8. The van der Waals surface area contributed by atoms with E-state index < -0.39 is 28.0 Å². The zero-order valence-corrected chi connectivity index (χ0v) is 23.9. The molecule has 4 aromatic rings. The Bertz CT molecular complexity index is 1720. The number of ether oxygens (including phenoxy) is 1. The van der Waals surface area contributed by atoms with Crippen LogP contribution in [0.2, 0.25) is 5.15 Å². The molecule has 1 unspecified atom stereocenters. The third-order valence-corrected chi connectivity index (χ3v) is 8.31. The van der Waals surface area contributed by atoms with Gasteiger partial charge in [-0.1, -0.05) is 36.7 Å². The number of carbonyl (C=O) groups is 2. The third kappa shape index (κ3) is 6.29. The summed E-state index contributed by atoms with van der Waals surface area (Å²) in [6.45, 7) is 5.82. The molecule has 0 aliphatic carbocycles. The minimum Gasteiger partial charge on any atom is -0.449 e. The molecule has 1 amide bonds. The predicted octanol–water partition coefficient (Wildman–Crippen LogP) is 4.04. The topological polar surface area (TPSA) is 143 Å². The summed E-state index contributed by atoms with van der Waals surface area (Å²) in [6, 6.07) is 15.7. The van der Waals surface area contributed by atoms with E-state index in [4.69, 9.17) is 21.3 Å². The van der Waals surface area contributed by atoms with Crippen LogP contribution in [0, 0.1) is 0 Å². The average Bonchev–Trinajstić information content (AvgIpc) is 2.96. The van der Waals surface area contributed by atoms with E-state index in [-0.39, 0.29) is 15.9 Å². The van der Waals surface area contributed by atoms with Crippen molar-refractivity contribution in [3.63, 3.8) is 0 Å². The molecule has 11 nitrogen and oxygen atoms in total. The number of esters is 1. The third-order valence-electron chi connectivity index (χ3n) is 6.73. The largest absolute Gasteiger partial charge is 0.449 e. The highest BCUT2D eigenvalue weighted by molar-refractivity contribution is 7.92. The first-order valence-corrected chi connectivity index (χ1v) is 14.8. The number of halogens is 1. The Labute approximate surface area is 241 Å². The van der Waals surface area contributed by atoms with Gasteiger partial charge in [-0.2, -0.15) is 0 Å². The van der Waals surface area contributed by atoms with Gasteiger partial charge in [-0.15, -0.1) is 10.2 Å². The van der Waals surface area contributed by atoms with Crippen LogP contribution in [0.25, 0.3) is 10.9 Å². The molecule has 1 aliphatic heterocycles. The molecule has 0 radical (unpaired) electrons. The summed E-state index contributed by atoms with van der Waals surface area (Å²) < 4.78 is 33.3. The molecule has 2 aromatic heterocycles. The summed E-state index contributed by atoms with van der Waals surface area (Å²) >= 11 is 5.68. The number of likely N-dealkylation sites (N-methyl/N-ethyl adjacent to an activating group) is 1. The number of sulfonamides is 1. The summed E-state index contributed by atoms with van der Waals surface area (Å²) in [5.41, 5.74) is 3.15. The second-order valence-electron chi connectivity index (χ2n) is 9.46. The number of hydrogen-bond donors (Lipinski definition) is 2. The monoisotopic (exact) mass is 594 g/mol. The fourth-order valence-corrected chi connectivity index (χ4v) is 5.65. The van der Waals surface area contributed by atoms with Gasteiger partial charge in [0.1, 0.15) is 0 Å². The number of fused-ring (bicyclic) bond motifs is 2. The van der Waals surface area contributed by atoms with Crippen LogP contribution in [0.1, 0.15) is 35.5 Å². The second kappa shape index (κ2) is 11.8. The zero-order valence-electron chi connectivity index (χ0n) is 22.3. The van der Waals surface area contributed by atoms with Crippen molar-refractivity contribution < 1.29 is 22.7 Å². The number of amides is 1. The number of para-hydroxylation sites is 1. The van der Waals surface area contributed by atoms with E-state index in [1.165, 1.54) is 43.3 Å². The zero-order chi connectivity index (χ0) is 29.1. The maximum atomic E-state index is 13.5. The molecule has 0 saturated heterocycles. The average molecular weight is 595 g/mol. The molecule has 0 saturated carbocycles. The summed E-state index contributed by atoms with van der Waals surface area (Å²) in [6.07, 6.45) is -0.400. The molecule has 5 rings (SSSR count). The van der Waals surface area contributed by atoms with Crippen LogP contribution in [0.4, 0.5) is 11.5 Å². The SMILES string of the molecule is CCN1CCc2nc3ccccc3c(C(=O)OC(C)C(=O)Nc3ccc(S(=O)(=O)Nc4ccc(Cl)nn4)cc3)c2C1. The van der Waals surface area contributed by atoms with Crippen LogP contribution in [0.15, 0.2) is 65.6 Å². The Morgan fingerprint density at radius 2 is 1.83 bits per heavy atom. The highest BCUT2D eigenvalue weighted by atomic mass is 35.5. The van der Waals surface area contributed by atoms with E-state index in [9.17, 15) is 18.0 Å². The lowest BCUT2D eigenvalue weighted by molar-refractivity contribution is -0.123. The molecule has 0 fully saturated rings. The quantitative estimate of drug-likeness (QED) is 0.289. The van der Waals surface area contributed by atoms with Crippen LogP contribution in [-0.2, 0) is 32.5 Å². The number of hydrogen-bond acceptors (Lipinski definition) is 9. The van der Waals surface area contributed by atoms with Crippen LogP contribution < -0.4 is 10.0 Å². The molecule has 0 spiro atoms. The first-order chi connectivity index (χ1) is 19.6. The van der Waals surface area contributed by atoms with Crippen molar-refractivity contribution in [3.05, 3.63) is 82.6 Å². The lowest BCUT2D eigenvalue weighted by Crippen LogP contribution is -2.34. The number of benzene rings is 2. The Morgan fingerprint density at radius 3 is 2.54 bits per heavy atom. The summed E-state index contributed by atoms with van der Waals surface area (Å²) in [4.78, 5) is 33.3. The number of aromatic nitrogens is 3. The molecule has 1 atom stereocenters. The van der Waals surface area contributed by atoms with Gasteiger partial charge in [0, 0.05) is 41.8 Å². The van der Waals surface area contributed by atoms with E-state index in [2.05, 4.69) is 32.1 Å². The molecule has 0 bridgehead atoms. The van der Waals surface area contributed by atoms with Gasteiger partial charge in [0.15, 0.2) is 17.1 Å². The van der Waals surface area contributed by atoms with Crippen LogP contribution >= 0.6 is 11.6 Å². The van der Waals surface area contributed by atoms with Gasteiger partial charge in [-0.3, -0.25) is 19.4 Å². The fourth-order valence-electron chi connectivity index (χ4n) is 4.55. The Kier molecular flexibility index (Phi) is 8.15. The van der Waals surface area contributed by atoms with Crippen molar-refractivity contribution in [1.29, 1.82) is 0 Å². The number of nitrogens with zero attached hydrogens (tertiary/aromatic N) is 4. The van der Waals surface area contributed by atoms with Crippen molar-refractivity contribution in [2.24, 2.45) is 0 Å². The number of nitrogens with one attached hydrogen (secondary N) is 2. The van der Waals surface area contributed by atoms with E-state index in [0.717, 1.165) is 30.8 Å². The van der Waals surface area contributed by atoms with Gasteiger partial charge in [0.05, 0.1) is 16.0 Å². The summed E-state index contributed by atoms with van der Waals surface area (Å²) in [5.74, 6) is -1.16. The number of pyridine rings is 1. The molecule has 41 heavy (non-hydrogen) atoms. The number of rotatable bonds is 8. The molecular weight excluding hydrogens is 568 g/mol. The second-order valence-corrected chi connectivity index (χ2v) is 11.5. The van der Waals surface area contributed by atoms with Crippen molar-refractivity contribution in [3.8, 4) is 0 Å². The van der Waals surface area contributed by atoms with Gasteiger partial charge in [0.2, 0.25) is 0 Å². The Balaban J connectivity index is 1.29. The molecule has 1 aliphatic rings. The maximum Gasteiger partial charge on any atom is 0.339 e. The smallest absolute Gasteiger partial charge is 0.339 e. The standard InChI is InChI=1S/C28H27ClN6O5S/c1-3-35-15-14-23-21(16-35)26(20-6-4-5-7-22(20)31-23)28(37)40-17(2)27(36)30-18-8-10-19(11-9-18)41(38,39)34-25-13-12-24(29)32-33-25/h4-13,17H,3,14-16H2,1-2H3,(H,30,36)(H,33,34). The van der Waals surface area contributed by atoms with Gasteiger partial charge in [-0.25, -0.2) is 13.2 Å². The van der Waals surface area contributed by atoms with Crippen molar-refractivity contribution in [1.82, 2.24) is 20.1 Å². The lowest BCUT2D eigenvalue weighted by atomic mass is 9.95. The first-order valence-electron chi connectivity index (χ1n) is 12.9. The van der Waals surface area contributed by atoms with E-state index in [0.29, 0.717) is 28.7 Å². The van der Waals surface area contributed by atoms with Crippen molar-refractivity contribution in [2.45, 2.75) is 37.8 Å². The Morgan fingerprint density at radius 1 is 1.07 bits per heavy atom. The minimum absolute atomic E-state index is 0.00747. The lowest BCUT2D eigenvalue weighted by Gasteiger charge is -2.29.